The van der Waals surface area contributed by atoms with E-state index >= 15 is 0 Å². The third-order valence-electron chi connectivity index (χ3n) is 2.56. The number of benzene rings is 1. The van der Waals surface area contributed by atoms with E-state index in [1.54, 1.807) is 31.3 Å². The minimum Gasteiger partial charge on any atom is -0.316 e. The summed E-state index contributed by atoms with van der Waals surface area (Å²) in [4.78, 5) is 11.2. The first kappa shape index (κ1) is 13.4. The molecule has 0 fully saturated rings. The quantitative estimate of drug-likeness (QED) is 0.917. The third-order valence-corrected chi connectivity index (χ3v) is 3.82. The largest absolute Gasteiger partial charge is 0.316 e. The van der Waals surface area contributed by atoms with Crippen molar-refractivity contribution in [3.8, 4) is 0 Å². The van der Waals surface area contributed by atoms with E-state index in [-0.39, 0.29) is 11.3 Å². The van der Waals surface area contributed by atoms with E-state index in [4.69, 9.17) is 0 Å². The van der Waals surface area contributed by atoms with Gasteiger partial charge in [0.25, 0.3) is 0 Å². The highest BCUT2D eigenvalue weighted by atomic mass is 32.2. The predicted molar refractivity (Wildman–Crippen MR) is 74.4 cm³/mol. The molecule has 0 atom stereocenters. The highest BCUT2D eigenvalue weighted by molar-refractivity contribution is 7.91. The van der Waals surface area contributed by atoms with E-state index in [0.29, 0.717) is 11.3 Å². The highest BCUT2D eigenvalue weighted by Crippen LogP contribution is 2.10. The molecular weight excluding hydrogens is 264 g/mol. The minimum absolute atomic E-state index is 0.101. The molecule has 6 heteroatoms. The second-order valence-corrected chi connectivity index (χ2v) is 5.94. The van der Waals surface area contributed by atoms with Gasteiger partial charge in [-0.1, -0.05) is 30.3 Å². The molecule has 0 unspecified atom stereocenters. The molecule has 0 aliphatic carbocycles. The predicted octanol–water partition coefficient (Wildman–Crippen LogP) is 1.33. The molecule has 1 N–H and O–H groups in total. The first-order valence-corrected chi connectivity index (χ1v) is 7.33. The summed E-state index contributed by atoms with van der Waals surface area (Å²) in [7, 11) is -1.92. The Morgan fingerprint density at radius 1 is 1.11 bits per heavy atom. The van der Waals surface area contributed by atoms with Crippen LogP contribution in [0.25, 0.3) is 0 Å². The molecule has 100 valence electrons. The van der Waals surface area contributed by atoms with E-state index in [1.807, 2.05) is 6.07 Å². The second kappa shape index (κ2) is 5.27. The summed E-state index contributed by atoms with van der Waals surface area (Å²) < 4.78 is 27.7. The average molecular weight is 278 g/mol. The summed E-state index contributed by atoms with van der Waals surface area (Å²) in [6, 6.07) is 11.7. The van der Waals surface area contributed by atoms with E-state index in [0.717, 1.165) is 0 Å². The second-order valence-electron chi connectivity index (χ2n) is 4.21. The van der Waals surface area contributed by atoms with Crippen molar-refractivity contribution in [3.63, 3.8) is 0 Å². The molecule has 0 spiro atoms. The molecule has 0 bridgehead atoms. The van der Waals surface area contributed by atoms with Crippen LogP contribution in [0.3, 0.4) is 0 Å². The number of pyridine rings is 1. The van der Waals surface area contributed by atoms with Crippen LogP contribution in [0.1, 0.15) is 5.56 Å². The maximum atomic E-state index is 12.0. The number of nitrogens with zero attached hydrogens (tertiary/aromatic N) is 1. The fourth-order valence-electron chi connectivity index (χ4n) is 1.66. The Morgan fingerprint density at radius 3 is 2.42 bits per heavy atom. The first-order chi connectivity index (χ1) is 8.96. The molecule has 0 saturated heterocycles. The maximum absolute atomic E-state index is 12.0. The average Bonchev–Trinajstić information content (AvgIpc) is 2.34. The zero-order chi connectivity index (χ0) is 13.9. The lowest BCUT2D eigenvalue weighted by molar-refractivity contribution is 0.600. The van der Waals surface area contributed by atoms with Crippen LogP contribution in [0.5, 0.6) is 0 Å². The lowest BCUT2D eigenvalue weighted by atomic mass is 10.2. The molecule has 2 aromatic rings. The van der Waals surface area contributed by atoms with Crippen molar-refractivity contribution in [2.45, 2.75) is 5.75 Å². The molecule has 0 saturated carbocycles. The van der Waals surface area contributed by atoms with E-state index in [1.165, 1.54) is 22.9 Å². The number of rotatable bonds is 4. The third kappa shape index (κ3) is 3.69. The van der Waals surface area contributed by atoms with Crippen LogP contribution >= 0.6 is 0 Å². The number of sulfonamides is 1. The molecule has 0 aliphatic rings. The molecule has 0 aliphatic heterocycles. The Kier molecular flexibility index (Phi) is 3.71. The Morgan fingerprint density at radius 2 is 1.79 bits per heavy atom. The summed E-state index contributed by atoms with van der Waals surface area (Å²) in [5.74, 6) is -0.101. The molecule has 1 aromatic heterocycles. The topological polar surface area (TPSA) is 68.2 Å². The molecule has 1 heterocycles. The lowest BCUT2D eigenvalue weighted by Gasteiger charge is -2.08. The van der Waals surface area contributed by atoms with Crippen molar-refractivity contribution in [2.24, 2.45) is 7.05 Å². The Hall–Kier alpha value is -2.08. The maximum Gasteiger partial charge on any atom is 0.250 e. The number of nitrogens with one attached hydrogen (secondary N) is 1. The number of aromatic nitrogens is 1. The van der Waals surface area contributed by atoms with Gasteiger partial charge in [-0.2, -0.15) is 0 Å². The van der Waals surface area contributed by atoms with Gasteiger partial charge in [0.2, 0.25) is 15.6 Å². The van der Waals surface area contributed by atoms with Crippen molar-refractivity contribution in [1.29, 1.82) is 0 Å². The van der Waals surface area contributed by atoms with Crippen molar-refractivity contribution in [3.05, 3.63) is 64.6 Å². The van der Waals surface area contributed by atoms with Crippen molar-refractivity contribution >= 4 is 15.7 Å². The van der Waals surface area contributed by atoms with Gasteiger partial charge in [0, 0.05) is 19.3 Å². The number of hydrogen-bond donors (Lipinski definition) is 1. The Bertz CT molecular complexity index is 721. The number of anilines is 1. The smallest absolute Gasteiger partial charge is 0.250 e. The fourth-order valence-corrected chi connectivity index (χ4v) is 2.85. The van der Waals surface area contributed by atoms with Gasteiger partial charge < -0.3 is 4.57 Å². The van der Waals surface area contributed by atoms with Crippen LogP contribution in [0, 0.1) is 0 Å². The zero-order valence-electron chi connectivity index (χ0n) is 10.4. The van der Waals surface area contributed by atoms with Crippen LogP contribution < -0.4 is 10.3 Å². The normalized spacial score (nSPS) is 11.2. The number of aryl methyl sites for hydroxylation is 1. The fraction of sp³-hybridized carbons (Fsp3) is 0.154. The standard InChI is InChI=1S/C13H14N2O3S/c1-15-9-12(7-8-13(15)16)14-19(17,18)10-11-5-3-2-4-6-11/h2-9,14H,10H2,1H3. The SMILES string of the molecule is Cn1cc(NS(=O)(=O)Cc2ccccc2)ccc1=O. The van der Waals surface area contributed by atoms with Gasteiger partial charge in [0.1, 0.15) is 0 Å². The van der Waals surface area contributed by atoms with Crippen LogP contribution in [0.4, 0.5) is 5.69 Å². The first-order valence-electron chi connectivity index (χ1n) is 5.67. The van der Waals surface area contributed by atoms with Crippen LogP contribution in [0.15, 0.2) is 53.5 Å². The monoisotopic (exact) mass is 278 g/mol. The molecular formula is C13H14N2O3S. The van der Waals surface area contributed by atoms with Crippen molar-refractivity contribution in [1.82, 2.24) is 4.57 Å². The Labute approximate surface area is 111 Å². The van der Waals surface area contributed by atoms with Gasteiger partial charge in [-0.15, -0.1) is 0 Å². The van der Waals surface area contributed by atoms with Gasteiger partial charge in [0.05, 0.1) is 11.4 Å². The highest BCUT2D eigenvalue weighted by Gasteiger charge is 2.11. The molecule has 1 aromatic carbocycles. The molecule has 2 rings (SSSR count). The van der Waals surface area contributed by atoms with E-state index < -0.39 is 10.0 Å². The van der Waals surface area contributed by atoms with Gasteiger partial charge in [-0.25, -0.2) is 8.42 Å². The lowest BCUT2D eigenvalue weighted by Crippen LogP contribution is -2.19. The van der Waals surface area contributed by atoms with Gasteiger partial charge in [0.15, 0.2) is 0 Å². The zero-order valence-corrected chi connectivity index (χ0v) is 11.2. The molecule has 5 nitrogen and oxygen atoms in total. The van der Waals surface area contributed by atoms with E-state index in [2.05, 4.69) is 4.72 Å². The molecule has 19 heavy (non-hydrogen) atoms. The molecule has 0 radical (unpaired) electrons. The summed E-state index contributed by atoms with van der Waals surface area (Å²) in [6.45, 7) is 0. The molecule has 0 amide bonds. The summed E-state index contributed by atoms with van der Waals surface area (Å²) in [5, 5.41) is 0. The summed E-state index contributed by atoms with van der Waals surface area (Å²) in [5.41, 5.74) is 0.892. The Balaban J connectivity index is 2.17. The van der Waals surface area contributed by atoms with Gasteiger partial charge in [-0.3, -0.25) is 9.52 Å². The van der Waals surface area contributed by atoms with Crippen LogP contribution in [0.2, 0.25) is 0 Å². The van der Waals surface area contributed by atoms with Crippen molar-refractivity contribution in [2.75, 3.05) is 4.72 Å². The van der Waals surface area contributed by atoms with Crippen LogP contribution in [-0.4, -0.2) is 13.0 Å². The van der Waals surface area contributed by atoms with Gasteiger partial charge >= 0.3 is 0 Å². The van der Waals surface area contributed by atoms with E-state index in [9.17, 15) is 13.2 Å². The summed E-state index contributed by atoms with van der Waals surface area (Å²) in [6.07, 6.45) is 1.45. The number of hydrogen-bond acceptors (Lipinski definition) is 3. The van der Waals surface area contributed by atoms with Gasteiger partial charge in [-0.05, 0) is 11.6 Å². The minimum atomic E-state index is -3.48. The van der Waals surface area contributed by atoms with Crippen molar-refractivity contribution < 1.29 is 8.42 Å². The van der Waals surface area contributed by atoms with Crippen LogP contribution in [-0.2, 0) is 22.8 Å². The summed E-state index contributed by atoms with van der Waals surface area (Å²) >= 11 is 0.